The zero-order chi connectivity index (χ0) is 15.1. The van der Waals surface area contributed by atoms with Gasteiger partial charge in [-0.1, -0.05) is 40.9 Å². The van der Waals surface area contributed by atoms with Gasteiger partial charge in [0, 0.05) is 7.05 Å². The highest BCUT2D eigenvalue weighted by atomic mass is 35.5. The number of hydrogen-bond donors (Lipinski definition) is 1. The number of thiophene rings is 1. The van der Waals surface area contributed by atoms with Gasteiger partial charge in [0.1, 0.15) is 11.5 Å². The average Bonchev–Trinajstić information content (AvgIpc) is 2.99. The molecular weight excluding hydrogens is 349 g/mol. The van der Waals surface area contributed by atoms with Crippen LogP contribution in [-0.2, 0) is 7.05 Å². The van der Waals surface area contributed by atoms with Crippen LogP contribution in [0.15, 0.2) is 30.3 Å². The van der Waals surface area contributed by atoms with Gasteiger partial charge in [-0.25, -0.2) is 0 Å². The maximum atomic E-state index is 6.16. The van der Waals surface area contributed by atoms with E-state index < -0.39 is 0 Å². The summed E-state index contributed by atoms with van der Waals surface area (Å²) in [5.41, 5.74) is 8.64. The van der Waals surface area contributed by atoms with Crippen LogP contribution in [0.25, 0.3) is 21.7 Å². The van der Waals surface area contributed by atoms with Crippen molar-refractivity contribution in [3.05, 3.63) is 44.7 Å². The second-order valence-corrected chi connectivity index (χ2v) is 6.99. The number of aryl methyl sites for hydroxylation is 1. The summed E-state index contributed by atoms with van der Waals surface area (Å²) in [6, 6.07) is 9.17. The number of rotatable bonds is 2. The van der Waals surface area contributed by atoms with E-state index in [0.29, 0.717) is 20.2 Å². The molecule has 1 aromatic carbocycles. The predicted octanol–water partition coefficient (Wildman–Crippen LogP) is 5.36. The smallest absolute Gasteiger partial charge is 0.129 e. The lowest BCUT2D eigenvalue weighted by Gasteiger charge is -2.05. The minimum absolute atomic E-state index is 0.479. The van der Waals surface area contributed by atoms with E-state index in [0.717, 1.165) is 21.7 Å². The molecule has 0 radical (unpaired) electrons. The molecule has 7 heteroatoms. The van der Waals surface area contributed by atoms with Gasteiger partial charge in [0.05, 0.1) is 24.8 Å². The van der Waals surface area contributed by atoms with Gasteiger partial charge in [-0.3, -0.25) is 4.68 Å². The largest absolute Gasteiger partial charge is 0.383 e. The van der Waals surface area contributed by atoms with E-state index >= 15 is 0 Å². The van der Waals surface area contributed by atoms with Crippen molar-refractivity contribution in [2.24, 2.45) is 7.05 Å². The van der Waals surface area contributed by atoms with Crippen LogP contribution in [0.5, 0.6) is 0 Å². The Kier molecular flexibility index (Phi) is 3.88. The van der Waals surface area contributed by atoms with E-state index in [-0.39, 0.29) is 0 Å². The van der Waals surface area contributed by atoms with Crippen LogP contribution in [-0.4, -0.2) is 9.78 Å². The van der Waals surface area contributed by atoms with E-state index in [1.807, 2.05) is 18.2 Å². The van der Waals surface area contributed by atoms with E-state index in [9.17, 15) is 0 Å². The zero-order valence-electron chi connectivity index (χ0n) is 10.9. The Balaban J connectivity index is 2.24. The highest BCUT2D eigenvalue weighted by molar-refractivity contribution is 7.19. The van der Waals surface area contributed by atoms with Gasteiger partial charge in [0.25, 0.3) is 0 Å². The Morgan fingerprint density at radius 3 is 2.48 bits per heavy atom. The second kappa shape index (κ2) is 5.54. The van der Waals surface area contributed by atoms with Gasteiger partial charge in [0.2, 0.25) is 0 Å². The van der Waals surface area contributed by atoms with Crippen molar-refractivity contribution in [2.45, 2.75) is 0 Å². The molecule has 2 heterocycles. The molecule has 0 aliphatic heterocycles. The zero-order valence-corrected chi connectivity index (χ0v) is 14.0. The Hall–Kier alpha value is -1.20. The van der Waals surface area contributed by atoms with Crippen LogP contribution in [0.4, 0.5) is 5.82 Å². The molecule has 0 amide bonds. The normalized spacial score (nSPS) is 11.0. The van der Waals surface area contributed by atoms with Gasteiger partial charge in [-0.15, -0.1) is 11.3 Å². The number of benzene rings is 1. The number of nitrogen functional groups attached to an aromatic ring is 1. The van der Waals surface area contributed by atoms with Crippen molar-refractivity contribution < 1.29 is 0 Å². The monoisotopic (exact) mass is 357 g/mol. The Bertz CT molecular complexity index is 823. The average molecular weight is 359 g/mol. The quantitative estimate of drug-likeness (QED) is 0.670. The first kappa shape index (κ1) is 14.7. The lowest BCUT2D eigenvalue weighted by Crippen LogP contribution is -1.97. The summed E-state index contributed by atoms with van der Waals surface area (Å²) in [4.78, 5) is 0.952. The maximum absolute atomic E-state index is 6.16. The minimum Gasteiger partial charge on any atom is -0.383 e. The fourth-order valence-electron chi connectivity index (χ4n) is 2.09. The van der Waals surface area contributed by atoms with Crippen molar-refractivity contribution in [1.82, 2.24) is 9.78 Å². The van der Waals surface area contributed by atoms with Crippen molar-refractivity contribution in [3.8, 4) is 21.7 Å². The molecule has 0 aliphatic carbocycles. The van der Waals surface area contributed by atoms with Crippen molar-refractivity contribution >= 4 is 52.0 Å². The fraction of sp³-hybridized carbons (Fsp3) is 0.0714. The van der Waals surface area contributed by atoms with E-state index in [2.05, 4.69) is 5.10 Å². The van der Waals surface area contributed by atoms with Crippen molar-refractivity contribution in [2.75, 3.05) is 5.73 Å². The molecule has 0 atom stereocenters. The van der Waals surface area contributed by atoms with Crippen LogP contribution >= 0.6 is 46.1 Å². The van der Waals surface area contributed by atoms with Crippen LogP contribution < -0.4 is 5.73 Å². The number of aromatic nitrogens is 2. The summed E-state index contributed by atoms with van der Waals surface area (Å²) in [5.74, 6) is 0.563. The summed E-state index contributed by atoms with van der Waals surface area (Å²) >= 11 is 19.6. The van der Waals surface area contributed by atoms with E-state index in [4.69, 9.17) is 40.5 Å². The van der Waals surface area contributed by atoms with Gasteiger partial charge in [0.15, 0.2) is 0 Å². The lowest BCUT2D eigenvalue weighted by atomic mass is 10.0. The number of anilines is 1. The summed E-state index contributed by atoms with van der Waals surface area (Å²) in [6.07, 6.45) is 0. The van der Waals surface area contributed by atoms with Crippen LogP contribution in [0.2, 0.25) is 14.4 Å². The maximum Gasteiger partial charge on any atom is 0.129 e. The van der Waals surface area contributed by atoms with Gasteiger partial charge < -0.3 is 5.73 Å². The summed E-state index contributed by atoms with van der Waals surface area (Å²) in [5, 5.41) is 5.47. The fourth-order valence-corrected chi connectivity index (χ4v) is 3.42. The lowest BCUT2D eigenvalue weighted by molar-refractivity contribution is 0.783. The van der Waals surface area contributed by atoms with E-state index in [1.54, 1.807) is 23.9 Å². The SMILES string of the molecule is Cn1nc(-c2ccc(Cl)s2)c(-c2ccc(Cl)c(Cl)c2)c1N. The van der Waals surface area contributed by atoms with Gasteiger partial charge in [-0.2, -0.15) is 5.10 Å². The topological polar surface area (TPSA) is 43.8 Å². The van der Waals surface area contributed by atoms with E-state index in [1.165, 1.54) is 11.3 Å². The first-order valence-electron chi connectivity index (χ1n) is 6.01. The van der Waals surface area contributed by atoms with Crippen LogP contribution in [0.1, 0.15) is 0 Å². The number of halogens is 3. The van der Waals surface area contributed by atoms with Crippen molar-refractivity contribution in [3.63, 3.8) is 0 Å². The molecule has 3 nitrogen and oxygen atoms in total. The summed E-state index contributed by atoms with van der Waals surface area (Å²) < 4.78 is 2.34. The number of nitrogens with zero attached hydrogens (tertiary/aromatic N) is 2. The predicted molar refractivity (Wildman–Crippen MR) is 91.4 cm³/mol. The van der Waals surface area contributed by atoms with Crippen molar-refractivity contribution in [1.29, 1.82) is 0 Å². The molecule has 0 saturated heterocycles. The molecule has 0 fully saturated rings. The Morgan fingerprint density at radius 1 is 1.10 bits per heavy atom. The molecule has 0 spiro atoms. The molecule has 2 aromatic heterocycles. The molecule has 3 rings (SSSR count). The molecule has 3 aromatic rings. The molecular formula is C14H10Cl3N3S. The summed E-state index contributed by atoms with van der Waals surface area (Å²) in [6.45, 7) is 0. The minimum atomic E-state index is 0.479. The summed E-state index contributed by atoms with van der Waals surface area (Å²) in [7, 11) is 1.80. The third-order valence-electron chi connectivity index (χ3n) is 3.11. The molecule has 0 unspecified atom stereocenters. The highest BCUT2D eigenvalue weighted by Gasteiger charge is 2.19. The molecule has 21 heavy (non-hydrogen) atoms. The third kappa shape index (κ3) is 2.64. The first-order valence-corrected chi connectivity index (χ1v) is 7.96. The standard InChI is InChI=1S/C14H10Cl3N3S/c1-20-14(18)12(7-2-3-8(15)9(16)6-7)13(19-20)10-4-5-11(17)21-10/h2-6H,18H2,1H3. The number of hydrogen-bond acceptors (Lipinski definition) is 3. The highest BCUT2D eigenvalue weighted by Crippen LogP contribution is 2.41. The third-order valence-corrected chi connectivity index (χ3v) is 5.08. The van der Waals surface area contributed by atoms with Crippen LogP contribution in [0, 0.1) is 0 Å². The molecule has 0 aliphatic rings. The molecule has 2 N–H and O–H groups in total. The number of nitrogens with two attached hydrogens (primary N) is 1. The van der Waals surface area contributed by atoms with Gasteiger partial charge in [-0.05, 0) is 29.8 Å². The Labute approximate surface area is 140 Å². The second-order valence-electron chi connectivity index (χ2n) is 4.47. The molecule has 0 bridgehead atoms. The van der Waals surface area contributed by atoms with Crippen LogP contribution in [0.3, 0.4) is 0 Å². The first-order chi connectivity index (χ1) is 9.97. The molecule has 108 valence electrons. The Morgan fingerprint density at radius 2 is 1.86 bits per heavy atom. The van der Waals surface area contributed by atoms with Gasteiger partial charge >= 0.3 is 0 Å². The molecule has 0 saturated carbocycles.